The van der Waals surface area contributed by atoms with Gasteiger partial charge in [-0.3, -0.25) is 0 Å². The van der Waals surface area contributed by atoms with Crippen molar-refractivity contribution in [3.63, 3.8) is 0 Å². The first-order chi connectivity index (χ1) is 5.38. The highest BCUT2D eigenvalue weighted by atomic mass is 16.3. The molecule has 1 rings (SSSR count). The molecule has 0 saturated heterocycles. The Balaban J connectivity index is 2.54. The first kappa shape index (κ1) is 8.16. The van der Waals surface area contributed by atoms with E-state index in [0.717, 1.165) is 5.69 Å². The van der Waals surface area contributed by atoms with Crippen LogP contribution in [0.2, 0.25) is 0 Å². The van der Waals surface area contributed by atoms with Gasteiger partial charge in [0.05, 0.1) is 11.9 Å². The van der Waals surface area contributed by atoms with Gasteiger partial charge in [0, 0.05) is 19.7 Å². The summed E-state index contributed by atoms with van der Waals surface area (Å²) in [5, 5.41) is 16.0. The summed E-state index contributed by atoms with van der Waals surface area (Å²) in [7, 11) is 0. The third kappa shape index (κ3) is 1.99. The number of aromatic nitrogens is 3. The summed E-state index contributed by atoms with van der Waals surface area (Å²) in [6.07, 6.45) is 2.33. The van der Waals surface area contributed by atoms with Crippen LogP contribution in [0.3, 0.4) is 0 Å². The lowest BCUT2D eigenvalue weighted by Crippen LogP contribution is -2.09. The van der Waals surface area contributed by atoms with Gasteiger partial charge in [0.1, 0.15) is 0 Å². The van der Waals surface area contributed by atoms with Gasteiger partial charge in [0.25, 0.3) is 0 Å². The molecule has 1 heterocycles. The Morgan fingerprint density at radius 2 is 2.45 bits per heavy atom. The molecular formula is C6H12N4O. The van der Waals surface area contributed by atoms with Crippen LogP contribution in [0, 0.1) is 0 Å². The van der Waals surface area contributed by atoms with Crippen LogP contribution in [0.1, 0.15) is 12.1 Å². The maximum Gasteiger partial charge on any atom is 0.0738 e. The van der Waals surface area contributed by atoms with E-state index in [1.165, 1.54) is 0 Å². The Morgan fingerprint density at radius 3 is 3.09 bits per heavy atom. The largest absolute Gasteiger partial charge is 0.396 e. The van der Waals surface area contributed by atoms with Crippen molar-refractivity contribution in [2.45, 2.75) is 19.5 Å². The zero-order valence-corrected chi connectivity index (χ0v) is 6.27. The number of aryl methyl sites for hydroxylation is 1. The van der Waals surface area contributed by atoms with Gasteiger partial charge in [-0.25, -0.2) is 4.68 Å². The van der Waals surface area contributed by atoms with Gasteiger partial charge in [-0.2, -0.15) is 0 Å². The molecule has 1 aromatic rings. The van der Waals surface area contributed by atoms with Gasteiger partial charge in [-0.1, -0.05) is 5.21 Å². The summed E-state index contributed by atoms with van der Waals surface area (Å²) < 4.78 is 1.70. The summed E-state index contributed by atoms with van der Waals surface area (Å²) >= 11 is 0. The van der Waals surface area contributed by atoms with Gasteiger partial charge in [-0.05, 0) is 6.42 Å². The zero-order valence-electron chi connectivity index (χ0n) is 6.27. The van der Waals surface area contributed by atoms with Crippen LogP contribution in [-0.4, -0.2) is 26.7 Å². The molecule has 0 amide bonds. The van der Waals surface area contributed by atoms with Crippen LogP contribution in [0.4, 0.5) is 0 Å². The van der Waals surface area contributed by atoms with E-state index in [1.54, 1.807) is 10.9 Å². The number of hydrogen-bond acceptors (Lipinski definition) is 4. The topological polar surface area (TPSA) is 77.0 Å². The minimum Gasteiger partial charge on any atom is -0.396 e. The van der Waals surface area contributed by atoms with Crippen molar-refractivity contribution >= 4 is 0 Å². The molecule has 3 N–H and O–H groups in total. The fourth-order valence-electron chi connectivity index (χ4n) is 0.846. The second-order valence-electron chi connectivity index (χ2n) is 2.23. The molecule has 1 aromatic heterocycles. The van der Waals surface area contributed by atoms with Crippen molar-refractivity contribution in [1.29, 1.82) is 0 Å². The highest BCUT2D eigenvalue weighted by Gasteiger charge is 1.99. The van der Waals surface area contributed by atoms with Crippen LogP contribution >= 0.6 is 0 Å². The predicted molar refractivity (Wildman–Crippen MR) is 39.6 cm³/mol. The molecule has 5 nitrogen and oxygen atoms in total. The van der Waals surface area contributed by atoms with E-state index in [-0.39, 0.29) is 6.61 Å². The SMILES string of the molecule is NCc1cnnn1CCCO. The van der Waals surface area contributed by atoms with Crippen molar-refractivity contribution < 1.29 is 5.11 Å². The normalized spacial score (nSPS) is 10.4. The predicted octanol–water partition coefficient (Wildman–Crippen LogP) is -0.881. The molecule has 0 saturated carbocycles. The number of nitrogens with two attached hydrogens (primary N) is 1. The molecule has 0 aliphatic carbocycles. The molecule has 0 aliphatic rings. The van der Waals surface area contributed by atoms with Gasteiger partial charge in [0.15, 0.2) is 0 Å². The Bertz CT molecular complexity index is 210. The van der Waals surface area contributed by atoms with Gasteiger partial charge < -0.3 is 10.8 Å². The van der Waals surface area contributed by atoms with E-state index < -0.39 is 0 Å². The Hall–Kier alpha value is -0.940. The molecule has 0 unspecified atom stereocenters. The average molecular weight is 156 g/mol. The number of hydrogen-bond donors (Lipinski definition) is 2. The van der Waals surface area contributed by atoms with Crippen molar-refractivity contribution in [3.8, 4) is 0 Å². The van der Waals surface area contributed by atoms with E-state index in [9.17, 15) is 0 Å². The van der Waals surface area contributed by atoms with E-state index in [2.05, 4.69) is 10.3 Å². The molecule has 0 atom stereocenters. The minimum absolute atomic E-state index is 0.171. The highest BCUT2D eigenvalue weighted by molar-refractivity contribution is 4.91. The monoisotopic (exact) mass is 156 g/mol. The molecular weight excluding hydrogens is 144 g/mol. The summed E-state index contributed by atoms with van der Waals surface area (Å²) in [6, 6.07) is 0. The van der Waals surface area contributed by atoms with Gasteiger partial charge >= 0.3 is 0 Å². The minimum atomic E-state index is 0.171. The van der Waals surface area contributed by atoms with Crippen molar-refractivity contribution in [2.75, 3.05) is 6.61 Å². The maximum atomic E-state index is 8.54. The average Bonchev–Trinajstić information content (AvgIpc) is 2.47. The molecule has 5 heteroatoms. The van der Waals surface area contributed by atoms with Crippen LogP contribution in [-0.2, 0) is 13.1 Å². The van der Waals surface area contributed by atoms with Crippen LogP contribution < -0.4 is 5.73 Å². The molecule has 0 radical (unpaired) electrons. The Kier molecular flexibility index (Phi) is 3.00. The number of rotatable bonds is 4. The second kappa shape index (κ2) is 4.05. The highest BCUT2D eigenvalue weighted by Crippen LogP contribution is 1.95. The lowest BCUT2D eigenvalue weighted by molar-refractivity contribution is 0.275. The van der Waals surface area contributed by atoms with Crippen molar-refractivity contribution in [1.82, 2.24) is 15.0 Å². The van der Waals surface area contributed by atoms with Crippen LogP contribution in [0.5, 0.6) is 0 Å². The first-order valence-corrected chi connectivity index (χ1v) is 3.56. The third-order valence-electron chi connectivity index (χ3n) is 1.44. The summed E-state index contributed by atoms with van der Waals surface area (Å²) in [5.41, 5.74) is 6.30. The molecule has 0 aliphatic heterocycles. The fourth-order valence-corrected chi connectivity index (χ4v) is 0.846. The Labute approximate surface area is 64.8 Å². The molecule has 0 fully saturated rings. The third-order valence-corrected chi connectivity index (χ3v) is 1.44. The lowest BCUT2D eigenvalue weighted by Gasteiger charge is -2.01. The molecule has 11 heavy (non-hydrogen) atoms. The summed E-state index contributed by atoms with van der Waals surface area (Å²) in [6.45, 7) is 1.30. The van der Waals surface area contributed by atoms with Crippen molar-refractivity contribution in [2.24, 2.45) is 5.73 Å². The van der Waals surface area contributed by atoms with Crippen LogP contribution in [0.25, 0.3) is 0 Å². The molecule has 0 aromatic carbocycles. The standard InChI is InChI=1S/C6H12N4O/c7-4-6-5-8-9-10(6)2-1-3-11/h5,11H,1-4,7H2. The summed E-state index contributed by atoms with van der Waals surface area (Å²) in [5.74, 6) is 0. The van der Waals surface area contributed by atoms with E-state index in [4.69, 9.17) is 10.8 Å². The smallest absolute Gasteiger partial charge is 0.0738 e. The van der Waals surface area contributed by atoms with Crippen LogP contribution in [0.15, 0.2) is 6.20 Å². The maximum absolute atomic E-state index is 8.54. The summed E-state index contributed by atoms with van der Waals surface area (Å²) in [4.78, 5) is 0. The molecule has 0 bridgehead atoms. The number of aliphatic hydroxyl groups excluding tert-OH is 1. The van der Waals surface area contributed by atoms with E-state index >= 15 is 0 Å². The first-order valence-electron chi connectivity index (χ1n) is 3.56. The molecule has 62 valence electrons. The van der Waals surface area contributed by atoms with E-state index in [0.29, 0.717) is 19.5 Å². The second-order valence-corrected chi connectivity index (χ2v) is 2.23. The van der Waals surface area contributed by atoms with Gasteiger partial charge in [-0.15, -0.1) is 5.10 Å². The number of aliphatic hydroxyl groups is 1. The van der Waals surface area contributed by atoms with Crippen molar-refractivity contribution in [3.05, 3.63) is 11.9 Å². The Morgan fingerprint density at radius 1 is 1.64 bits per heavy atom. The van der Waals surface area contributed by atoms with Gasteiger partial charge in [0.2, 0.25) is 0 Å². The molecule has 0 spiro atoms. The lowest BCUT2D eigenvalue weighted by atomic mass is 10.4. The van der Waals surface area contributed by atoms with E-state index in [1.807, 2.05) is 0 Å². The zero-order chi connectivity index (χ0) is 8.10. The quantitative estimate of drug-likeness (QED) is 0.593. The fraction of sp³-hybridized carbons (Fsp3) is 0.667. The number of nitrogens with zero attached hydrogens (tertiary/aromatic N) is 3.